The molecule has 0 spiro atoms. The van der Waals surface area contributed by atoms with E-state index in [2.05, 4.69) is 5.10 Å². The number of hydroxylamine groups is 2. The van der Waals surface area contributed by atoms with Crippen molar-refractivity contribution in [2.24, 2.45) is 7.05 Å². The van der Waals surface area contributed by atoms with E-state index < -0.39 is 5.91 Å². The van der Waals surface area contributed by atoms with Gasteiger partial charge in [0.1, 0.15) is 11.4 Å². The molecule has 7 heteroatoms. The number of benzene rings is 1. The SMILES string of the molecule is COc1ccccc1CN(OC)C(=O)c1cc(=O)[nH]n1C. The van der Waals surface area contributed by atoms with Crippen LogP contribution in [0.15, 0.2) is 35.1 Å². The summed E-state index contributed by atoms with van der Waals surface area (Å²) in [5, 5.41) is 3.65. The maximum Gasteiger partial charge on any atom is 0.296 e. The lowest BCUT2D eigenvalue weighted by molar-refractivity contribution is -0.102. The largest absolute Gasteiger partial charge is 0.496 e. The van der Waals surface area contributed by atoms with Crippen LogP contribution in [0.2, 0.25) is 0 Å². The topological polar surface area (TPSA) is 76.6 Å². The number of nitrogens with zero attached hydrogens (tertiary/aromatic N) is 2. The molecule has 2 aromatic rings. The van der Waals surface area contributed by atoms with Crippen LogP contribution in [0.5, 0.6) is 5.75 Å². The number of nitrogens with one attached hydrogen (secondary N) is 1. The number of hydrogen-bond donors (Lipinski definition) is 1. The van der Waals surface area contributed by atoms with E-state index in [9.17, 15) is 9.59 Å². The summed E-state index contributed by atoms with van der Waals surface area (Å²) in [6.45, 7) is 0.207. The highest BCUT2D eigenvalue weighted by Crippen LogP contribution is 2.20. The van der Waals surface area contributed by atoms with E-state index in [0.29, 0.717) is 5.75 Å². The van der Waals surface area contributed by atoms with Gasteiger partial charge in [0.15, 0.2) is 0 Å². The van der Waals surface area contributed by atoms with E-state index in [1.54, 1.807) is 20.2 Å². The summed E-state index contributed by atoms with van der Waals surface area (Å²) in [4.78, 5) is 28.8. The van der Waals surface area contributed by atoms with Gasteiger partial charge in [0.05, 0.1) is 20.8 Å². The number of hydrogen-bond acceptors (Lipinski definition) is 4. The molecule has 0 aliphatic heterocycles. The van der Waals surface area contributed by atoms with E-state index >= 15 is 0 Å². The van der Waals surface area contributed by atoms with Crippen molar-refractivity contribution < 1.29 is 14.4 Å². The number of H-pyrrole nitrogens is 1. The highest BCUT2D eigenvalue weighted by Gasteiger charge is 2.21. The van der Waals surface area contributed by atoms with Crippen molar-refractivity contribution >= 4 is 5.91 Å². The van der Waals surface area contributed by atoms with Crippen LogP contribution in [-0.2, 0) is 18.4 Å². The van der Waals surface area contributed by atoms with Gasteiger partial charge in [0, 0.05) is 18.7 Å². The molecule has 0 unspecified atom stereocenters. The first-order valence-corrected chi connectivity index (χ1v) is 6.30. The van der Waals surface area contributed by atoms with Crippen LogP contribution in [0.1, 0.15) is 16.1 Å². The Morgan fingerprint density at radius 2 is 2.05 bits per heavy atom. The first kappa shape index (κ1) is 14.9. The van der Waals surface area contributed by atoms with Gasteiger partial charge in [-0.3, -0.25) is 24.2 Å². The van der Waals surface area contributed by atoms with Crippen LogP contribution < -0.4 is 10.3 Å². The second-order valence-electron chi connectivity index (χ2n) is 4.40. The second-order valence-corrected chi connectivity index (χ2v) is 4.40. The summed E-state index contributed by atoms with van der Waals surface area (Å²) < 4.78 is 6.61. The Kier molecular flexibility index (Phi) is 4.44. The van der Waals surface area contributed by atoms with Crippen LogP contribution >= 0.6 is 0 Å². The zero-order valence-electron chi connectivity index (χ0n) is 12.1. The molecule has 0 atom stereocenters. The third kappa shape index (κ3) is 3.14. The average molecular weight is 291 g/mol. The molecule has 1 amide bonds. The summed E-state index contributed by atoms with van der Waals surface area (Å²) in [7, 11) is 4.55. The van der Waals surface area contributed by atoms with Crippen molar-refractivity contribution in [2.45, 2.75) is 6.54 Å². The highest BCUT2D eigenvalue weighted by molar-refractivity contribution is 5.91. The van der Waals surface area contributed by atoms with E-state index in [-0.39, 0.29) is 17.8 Å². The molecular formula is C14H17N3O4. The Labute approximate surface area is 121 Å². The molecular weight excluding hydrogens is 274 g/mol. The molecule has 1 N–H and O–H groups in total. The van der Waals surface area contributed by atoms with Crippen LogP contribution in [0, 0.1) is 0 Å². The fourth-order valence-corrected chi connectivity index (χ4v) is 2.02. The summed E-state index contributed by atoms with van der Waals surface area (Å²) in [5.74, 6) is 0.250. The first-order valence-electron chi connectivity index (χ1n) is 6.30. The predicted octanol–water partition coefficient (Wildman–Crippen LogP) is 0.926. The first-order chi connectivity index (χ1) is 10.1. The zero-order valence-corrected chi connectivity index (χ0v) is 12.1. The smallest absolute Gasteiger partial charge is 0.296 e. The fourth-order valence-electron chi connectivity index (χ4n) is 2.02. The lowest BCUT2D eigenvalue weighted by Gasteiger charge is -2.20. The Morgan fingerprint density at radius 3 is 2.62 bits per heavy atom. The molecule has 0 aliphatic rings. The van der Waals surface area contributed by atoms with Gasteiger partial charge in [-0.25, -0.2) is 5.06 Å². The fraction of sp³-hybridized carbons (Fsp3) is 0.286. The minimum absolute atomic E-state index is 0.207. The van der Waals surface area contributed by atoms with Gasteiger partial charge in [0.2, 0.25) is 0 Å². The number of carbonyl (C=O) groups excluding carboxylic acids is 1. The van der Waals surface area contributed by atoms with Crippen LogP contribution in [0.3, 0.4) is 0 Å². The van der Waals surface area contributed by atoms with Crippen molar-refractivity contribution in [2.75, 3.05) is 14.2 Å². The number of rotatable bonds is 5. The molecule has 0 saturated carbocycles. The Hall–Kier alpha value is -2.54. The molecule has 0 aliphatic carbocycles. The van der Waals surface area contributed by atoms with Crippen molar-refractivity contribution in [3.8, 4) is 5.75 Å². The number of aromatic amines is 1. The van der Waals surface area contributed by atoms with Gasteiger partial charge in [-0.1, -0.05) is 18.2 Å². The molecule has 0 radical (unpaired) electrons. The maximum absolute atomic E-state index is 12.4. The molecule has 0 saturated heterocycles. The molecule has 1 heterocycles. The van der Waals surface area contributed by atoms with Gasteiger partial charge in [0.25, 0.3) is 11.5 Å². The summed E-state index contributed by atoms with van der Waals surface area (Å²) >= 11 is 0. The third-order valence-electron chi connectivity index (χ3n) is 3.08. The van der Waals surface area contributed by atoms with Crippen LogP contribution in [0.4, 0.5) is 0 Å². The third-order valence-corrected chi connectivity index (χ3v) is 3.08. The number of para-hydroxylation sites is 1. The molecule has 112 valence electrons. The van der Waals surface area contributed by atoms with Crippen molar-refractivity contribution in [1.82, 2.24) is 14.8 Å². The molecule has 0 bridgehead atoms. The lowest BCUT2D eigenvalue weighted by Crippen LogP contribution is -2.31. The van der Waals surface area contributed by atoms with Crippen molar-refractivity contribution in [3.63, 3.8) is 0 Å². The Morgan fingerprint density at radius 1 is 1.33 bits per heavy atom. The monoisotopic (exact) mass is 291 g/mol. The van der Waals surface area contributed by atoms with Gasteiger partial charge < -0.3 is 4.74 Å². The van der Waals surface area contributed by atoms with Gasteiger partial charge in [-0.2, -0.15) is 0 Å². The van der Waals surface area contributed by atoms with Crippen molar-refractivity contribution in [3.05, 3.63) is 51.9 Å². The quantitative estimate of drug-likeness (QED) is 0.831. The number of ether oxygens (including phenoxy) is 1. The second kappa shape index (κ2) is 6.27. The van der Waals surface area contributed by atoms with E-state index in [4.69, 9.17) is 9.57 Å². The van der Waals surface area contributed by atoms with Gasteiger partial charge in [-0.05, 0) is 6.07 Å². The maximum atomic E-state index is 12.4. The normalized spacial score (nSPS) is 10.4. The number of carbonyl (C=O) groups is 1. The molecule has 0 fully saturated rings. The molecule has 7 nitrogen and oxygen atoms in total. The summed E-state index contributed by atoms with van der Waals surface area (Å²) in [6.07, 6.45) is 0. The standard InChI is InChI=1S/C14H17N3O4/c1-16-11(8-13(18)15-16)14(19)17(21-3)9-10-6-4-5-7-12(10)20-2/h4-8H,9H2,1-3H3,(H,15,18). The van der Waals surface area contributed by atoms with Gasteiger partial charge >= 0.3 is 0 Å². The average Bonchev–Trinajstić information content (AvgIpc) is 2.83. The van der Waals surface area contributed by atoms with E-state index in [1.165, 1.54) is 22.9 Å². The van der Waals surface area contributed by atoms with E-state index in [1.807, 2.05) is 18.2 Å². The Balaban J connectivity index is 2.26. The predicted molar refractivity (Wildman–Crippen MR) is 75.9 cm³/mol. The zero-order chi connectivity index (χ0) is 15.4. The molecule has 1 aromatic heterocycles. The van der Waals surface area contributed by atoms with Crippen molar-refractivity contribution in [1.29, 1.82) is 0 Å². The van der Waals surface area contributed by atoms with Crippen LogP contribution in [0.25, 0.3) is 0 Å². The molecule has 21 heavy (non-hydrogen) atoms. The summed E-state index contributed by atoms with van der Waals surface area (Å²) in [6, 6.07) is 8.57. The molecule has 1 aromatic carbocycles. The minimum atomic E-state index is -0.413. The minimum Gasteiger partial charge on any atom is -0.496 e. The number of aryl methyl sites for hydroxylation is 1. The highest BCUT2D eigenvalue weighted by atomic mass is 16.7. The van der Waals surface area contributed by atoms with E-state index in [0.717, 1.165) is 5.56 Å². The number of amides is 1. The van der Waals surface area contributed by atoms with Crippen LogP contribution in [-0.4, -0.2) is 35.0 Å². The number of aromatic nitrogens is 2. The number of methoxy groups -OCH3 is 1. The van der Waals surface area contributed by atoms with Gasteiger partial charge in [-0.15, -0.1) is 0 Å². The summed E-state index contributed by atoms with van der Waals surface area (Å²) in [5.41, 5.74) is 0.682. The molecule has 2 rings (SSSR count). The lowest BCUT2D eigenvalue weighted by atomic mass is 10.2. The Bertz CT molecular complexity index is 690.